The number of alkyl halides is 5. The van der Waals surface area contributed by atoms with Crippen LogP contribution in [-0.2, 0) is 25.7 Å². The van der Waals surface area contributed by atoms with Gasteiger partial charge in [-0.25, -0.2) is 18.0 Å². The number of esters is 1. The zero-order valence-corrected chi connectivity index (χ0v) is 24.4. The highest BCUT2D eigenvalue weighted by molar-refractivity contribution is 5.99. The smallest absolute Gasteiger partial charge is 0.408 e. The molecule has 2 aromatic carbocycles. The van der Waals surface area contributed by atoms with Crippen LogP contribution in [0.4, 0.5) is 42.5 Å². The van der Waals surface area contributed by atoms with Crippen LogP contribution < -0.4 is 16.4 Å². The van der Waals surface area contributed by atoms with Crippen molar-refractivity contribution < 1.29 is 50.2 Å². The van der Waals surface area contributed by atoms with E-state index in [1.54, 1.807) is 30.3 Å². The van der Waals surface area contributed by atoms with E-state index in [1.807, 2.05) is 0 Å². The Balaban J connectivity index is 1.84. The van der Waals surface area contributed by atoms with Gasteiger partial charge in [0.15, 0.2) is 5.82 Å². The lowest BCUT2D eigenvalue weighted by molar-refractivity contribution is -0.169. The predicted octanol–water partition coefficient (Wildman–Crippen LogP) is 6.84. The molecular formula is C30H35F6N3O5. The Morgan fingerprint density at radius 2 is 1.64 bits per heavy atom. The van der Waals surface area contributed by atoms with Gasteiger partial charge in [0.2, 0.25) is 11.8 Å². The second kappa shape index (κ2) is 13.8. The normalized spacial score (nSPS) is 16.8. The van der Waals surface area contributed by atoms with Gasteiger partial charge in [0.25, 0.3) is 0 Å². The molecule has 1 saturated carbocycles. The molecule has 242 valence electrons. The lowest BCUT2D eigenvalue weighted by Crippen LogP contribution is -2.50. The molecule has 0 bridgehead atoms. The molecule has 0 heterocycles. The molecule has 0 aromatic heterocycles. The van der Waals surface area contributed by atoms with Gasteiger partial charge in [-0.05, 0) is 51.2 Å². The quantitative estimate of drug-likeness (QED) is 0.158. The van der Waals surface area contributed by atoms with Gasteiger partial charge in [-0.3, -0.25) is 9.59 Å². The minimum atomic E-state index is -4.86. The SMILES string of the molecule is CC(C)(C)OC(=O)C(CC(F)(F)F)c1ccc(NC(=O)[C@@H](NC(=O)OCc2ccccc2)C2CCC(F)(F)CC2)c(N)c1F. The van der Waals surface area contributed by atoms with Crippen LogP contribution in [-0.4, -0.2) is 41.7 Å². The summed E-state index contributed by atoms with van der Waals surface area (Å²) in [5.41, 5.74) is 3.51. The van der Waals surface area contributed by atoms with Crippen LogP contribution in [0.25, 0.3) is 0 Å². The fourth-order valence-corrected chi connectivity index (χ4v) is 4.81. The van der Waals surface area contributed by atoms with E-state index >= 15 is 4.39 Å². The summed E-state index contributed by atoms with van der Waals surface area (Å²) in [5.74, 6) is -9.40. The van der Waals surface area contributed by atoms with Crippen LogP contribution in [0, 0.1) is 11.7 Å². The van der Waals surface area contributed by atoms with Crippen molar-refractivity contribution in [3.63, 3.8) is 0 Å². The van der Waals surface area contributed by atoms with Crippen LogP contribution in [0.5, 0.6) is 0 Å². The second-order valence-corrected chi connectivity index (χ2v) is 11.7. The zero-order chi connectivity index (χ0) is 32.9. The van der Waals surface area contributed by atoms with Gasteiger partial charge in [0, 0.05) is 18.4 Å². The number of amides is 2. The molecule has 8 nitrogen and oxygen atoms in total. The summed E-state index contributed by atoms with van der Waals surface area (Å²) in [6.45, 7) is 4.18. The average Bonchev–Trinajstić information content (AvgIpc) is 2.91. The van der Waals surface area contributed by atoms with Gasteiger partial charge in [0.05, 0.1) is 23.7 Å². The molecule has 1 fully saturated rings. The first-order valence-electron chi connectivity index (χ1n) is 13.9. The number of carbonyl (C=O) groups is 3. The van der Waals surface area contributed by atoms with Crippen LogP contribution in [0.1, 0.15) is 69.9 Å². The number of carbonyl (C=O) groups excluding carboxylic acids is 3. The highest BCUT2D eigenvalue weighted by Crippen LogP contribution is 2.39. The third-order valence-electron chi connectivity index (χ3n) is 6.97. The van der Waals surface area contributed by atoms with E-state index < -0.39 is 89.9 Å². The summed E-state index contributed by atoms with van der Waals surface area (Å²) in [6, 6.07) is 9.10. The van der Waals surface area contributed by atoms with Crippen molar-refractivity contribution >= 4 is 29.3 Å². The number of ether oxygens (including phenoxy) is 2. The Bertz CT molecular complexity index is 1320. The van der Waals surface area contributed by atoms with Gasteiger partial charge < -0.3 is 25.8 Å². The zero-order valence-electron chi connectivity index (χ0n) is 24.4. The largest absolute Gasteiger partial charge is 0.459 e. The Kier molecular flexibility index (Phi) is 10.8. The molecule has 1 aliphatic rings. The van der Waals surface area contributed by atoms with Gasteiger partial charge in [-0.2, -0.15) is 13.2 Å². The molecule has 4 N–H and O–H groups in total. The van der Waals surface area contributed by atoms with Crippen molar-refractivity contribution in [3.05, 3.63) is 59.4 Å². The Hall–Kier alpha value is -3.97. The third kappa shape index (κ3) is 10.1. The number of rotatable bonds is 9. The minimum Gasteiger partial charge on any atom is -0.459 e. The first kappa shape index (κ1) is 34.5. The molecule has 0 aliphatic heterocycles. The maximum Gasteiger partial charge on any atom is 0.408 e. The monoisotopic (exact) mass is 631 g/mol. The third-order valence-corrected chi connectivity index (χ3v) is 6.97. The van der Waals surface area contributed by atoms with E-state index in [4.69, 9.17) is 15.2 Å². The Labute approximate surface area is 250 Å². The van der Waals surface area contributed by atoms with Gasteiger partial charge in [-0.15, -0.1) is 0 Å². The van der Waals surface area contributed by atoms with E-state index in [2.05, 4.69) is 10.6 Å². The first-order valence-corrected chi connectivity index (χ1v) is 13.9. The number of nitrogens with one attached hydrogen (secondary N) is 2. The maximum atomic E-state index is 15.4. The molecule has 44 heavy (non-hydrogen) atoms. The maximum absolute atomic E-state index is 15.4. The van der Waals surface area contributed by atoms with Crippen LogP contribution in [0.15, 0.2) is 42.5 Å². The molecule has 0 spiro atoms. The first-order chi connectivity index (χ1) is 20.3. The van der Waals surface area contributed by atoms with Crippen molar-refractivity contribution in [2.24, 2.45) is 5.92 Å². The molecule has 1 unspecified atom stereocenters. The Morgan fingerprint density at radius 1 is 1.02 bits per heavy atom. The lowest BCUT2D eigenvalue weighted by atomic mass is 9.81. The van der Waals surface area contributed by atoms with E-state index in [0.29, 0.717) is 5.56 Å². The number of nitrogens with two attached hydrogens (primary N) is 1. The summed E-state index contributed by atoms with van der Waals surface area (Å²) in [7, 11) is 0. The summed E-state index contributed by atoms with van der Waals surface area (Å²) in [5, 5.41) is 4.72. The molecule has 0 radical (unpaired) electrons. The standard InChI is InChI=1S/C30H35F6N3O5/c1-28(2,3)44-26(41)20(15-30(34,35)36)19-9-10-21(23(37)22(19)31)38-25(40)24(18-11-13-29(32,33)14-12-18)39-27(42)43-16-17-7-5-4-6-8-17/h4-10,18,20,24H,11-16,37H2,1-3H3,(H,38,40)(H,39,42)/t20?,24-/m0/s1. The molecule has 1 aliphatic carbocycles. The summed E-state index contributed by atoms with van der Waals surface area (Å²) >= 11 is 0. The number of hydrogen-bond donors (Lipinski definition) is 3. The van der Waals surface area contributed by atoms with E-state index in [-0.39, 0.29) is 25.1 Å². The number of anilines is 2. The van der Waals surface area contributed by atoms with E-state index in [9.17, 15) is 36.3 Å². The summed E-state index contributed by atoms with van der Waals surface area (Å²) in [6.07, 6.45) is -8.90. The van der Waals surface area contributed by atoms with E-state index in [0.717, 1.165) is 12.1 Å². The summed E-state index contributed by atoms with van der Waals surface area (Å²) < 4.78 is 93.3. The molecule has 14 heteroatoms. The topological polar surface area (TPSA) is 120 Å². The molecular weight excluding hydrogens is 596 g/mol. The molecule has 0 saturated heterocycles. The van der Waals surface area contributed by atoms with Crippen molar-refractivity contribution in [3.8, 4) is 0 Å². The number of halogens is 6. The van der Waals surface area contributed by atoms with Gasteiger partial charge in [-0.1, -0.05) is 36.4 Å². The fraction of sp³-hybridized carbons (Fsp3) is 0.500. The van der Waals surface area contributed by atoms with Crippen LogP contribution in [0.2, 0.25) is 0 Å². The summed E-state index contributed by atoms with van der Waals surface area (Å²) in [4.78, 5) is 38.6. The lowest BCUT2D eigenvalue weighted by Gasteiger charge is -2.33. The predicted molar refractivity (Wildman–Crippen MR) is 149 cm³/mol. The number of nitrogen functional groups attached to an aromatic ring is 1. The molecule has 3 rings (SSSR count). The molecule has 2 atom stereocenters. The van der Waals surface area contributed by atoms with E-state index in [1.165, 1.54) is 20.8 Å². The van der Waals surface area contributed by atoms with Crippen molar-refractivity contribution in [1.82, 2.24) is 5.32 Å². The van der Waals surface area contributed by atoms with Gasteiger partial charge in [0.1, 0.15) is 18.2 Å². The highest BCUT2D eigenvalue weighted by atomic mass is 19.4. The molecule has 2 aromatic rings. The second-order valence-electron chi connectivity index (χ2n) is 11.7. The van der Waals surface area contributed by atoms with Gasteiger partial charge >= 0.3 is 18.2 Å². The Morgan fingerprint density at radius 3 is 2.20 bits per heavy atom. The van der Waals surface area contributed by atoms with Crippen molar-refractivity contribution in [2.45, 2.75) is 89.1 Å². The number of benzene rings is 2. The highest BCUT2D eigenvalue weighted by Gasteiger charge is 2.42. The fourth-order valence-electron chi connectivity index (χ4n) is 4.81. The number of hydrogen-bond acceptors (Lipinski definition) is 6. The number of alkyl carbamates (subject to hydrolysis) is 1. The van der Waals surface area contributed by atoms with Crippen LogP contribution in [0.3, 0.4) is 0 Å². The van der Waals surface area contributed by atoms with Crippen molar-refractivity contribution in [2.75, 3.05) is 11.1 Å². The minimum absolute atomic E-state index is 0.123. The molecule has 2 amide bonds. The van der Waals surface area contributed by atoms with Crippen molar-refractivity contribution in [1.29, 1.82) is 0 Å². The van der Waals surface area contributed by atoms with Crippen LogP contribution >= 0.6 is 0 Å². The average molecular weight is 632 g/mol.